The summed E-state index contributed by atoms with van der Waals surface area (Å²) in [4.78, 5) is 23.3. The number of benzene rings is 1. The summed E-state index contributed by atoms with van der Waals surface area (Å²) in [6.45, 7) is 1.95. The molecule has 0 radical (unpaired) electrons. The van der Waals surface area contributed by atoms with Crippen LogP contribution in [0.1, 0.15) is 30.1 Å². The number of amides is 2. The van der Waals surface area contributed by atoms with Gasteiger partial charge < -0.3 is 16.8 Å². The molecule has 1 atom stereocenters. The fourth-order valence-corrected chi connectivity index (χ4v) is 1.90. The minimum atomic E-state index is -0.546. The van der Waals surface area contributed by atoms with E-state index in [-0.39, 0.29) is 10.9 Å². The predicted octanol–water partition coefficient (Wildman–Crippen LogP) is 1.43. The third kappa shape index (κ3) is 4.33. The van der Waals surface area contributed by atoms with Crippen molar-refractivity contribution in [3.8, 4) is 0 Å². The first-order valence-corrected chi connectivity index (χ1v) is 6.36. The van der Waals surface area contributed by atoms with E-state index in [9.17, 15) is 9.59 Å². The van der Waals surface area contributed by atoms with Gasteiger partial charge in [-0.25, -0.2) is 0 Å². The summed E-state index contributed by atoms with van der Waals surface area (Å²) in [5.41, 5.74) is 11.6. The molecule has 19 heavy (non-hydrogen) atoms. The Morgan fingerprint density at radius 1 is 1.37 bits per heavy atom. The first-order chi connectivity index (χ1) is 8.95. The molecule has 0 aromatic heterocycles. The number of primary amides is 1. The SMILES string of the molecule is CCCC(C(=O)Nc1cccc(C(N)=O)c1)C(N)=S. The molecule has 0 bridgehead atoms. The van der Waals surface area contributed by atoms with E-state index in [0.29, 0.717) is 17.7 Å². The van der Waals surface area contributed by atoms with Crippen molar-refractivity contribution in [2.75, 3.05) is 5.32 Å². The van der Waals surface area contributed by atoms with E-state index in [1.807, 2.05) is 6.92 Å². The van der Waals surface area contributed by atoms with Crippen molar-refractivity contribution in [3.63, 3.8) is 0 Å². The molecular formula is C13H17N3O2S. The topological polar surface area (TPSA) is 98.2 Å². The smallest absolute Gasteiger partial charge is 0.248 e. The molecule has 102 valence electrons. The van der Waals surface area contributed by atoms with E-state index in [1.54, 1.807) is 18.2 Å². The molecule has 0 aliphatic rings. The fourth-order valence-electron chi connectivity index (χ4n) is 1.67. The van der Waals surface area contributed by atoms with E-state index in [4.69, 9.17) is 23.7 Å². The molecule has 6 heteroatoms. The van der Waals surface area contributed by atoms with Crippen molar-refractivity contribution in [3.05, 3.63) is 29.8 Å². The highest BCUT2D eigenvalue weighted by Gasteiger charge is 2.20. The van der Waals surface area contributed by atoms with Gasteiger partial charge in [0.05, 0.1) is 10.9 Å². The highest BCUT2D eigenvalue weighted by Crippen LogP contribution is 2.14. The molecule has 0 fully saturated rings. The summed E-state index contributed by atoms with van der Waals surface area (Å²) in [6.07, 6.45) is 1.40. The van der Waals surface area contributed by atoms with Gasteiger partial charge >= 0.3 is 0 Å². The summed E-state index contributed by atoms with van der Waals surface area (Å²) >= 11 is 4.89. The number of carbonyl (C=O) groups is 2. The molecule has 0 saturated heterocycles. The van der Waals surface area contributed by atoms with Crippen molar-refractivity contribution in [2.24, 2.45) is 17.4 Å². The van der Waals surface area contributed by atoms with Crippen LogP contribution in [-0.4, -0.2) is 16.8 Å². The van der Waals surface area contributed by atoms with E-state index in [0.717, 1.165) is 6.42 Å². The van der Waals surface area contributed by atoms with Crippen LogP contribution >= 0.6 is 12.2 Å². The molecule has 5 N–H and O–H groups in total. The van der Waals surface area contributed by atoms with Crippen LogP contribution in [0.15, 0.2) is 24.3 Å². The van der Waals surface area contributed by atoms with Gasteiger partial charge in [0.25, 0.3) is 0 Å². The lowest BCUT2D eigenvalue weighted by Gasteiger charge is -2.14. The number of carbonyl (C=O) groups excluding carboxylic acids is 2. The highest BCUT2D eigenvalue weighted by atomic mass is 32.1. The maximum Gasteiger partial charge on any atom is 0.248 e. The van der Waals surface area contributed by atoms with Gasteiger partial charge in [-0.3, -0.25) is 9.59 Å². The summed E-state index contributed by atoms with van der Waals surface area (Å²) in [6, 6.07) is 6.41. The van der Waals surface area contributed by atoms with Gasteiger partial charge in [0.1, 0.15) is 0 Å². The Kier molecular flexibility index (Phi) is 5.44. The molecule has 0 aliphatic carbocycles. The Labute approximate surface area is 117 Å². The Hall–Kier alpha value is -1.95. The monoisotopic (exact) mass is 279 g/mol. The first-order valence-electron chi connectivity index (χ1n) is 5.95. The lowest BCUT2D eigenvalue weighted by atomic mass is 10.0. The fraction of sp³-hybridized carbons (Fsp3) is 0.308. The molecule has 0 aliphatic heterocycles. The normalized spacial score (nSPS) is 11.6. The number of thiocarbonyl (C=S) groups is 1. The molecule has 1 unspecified atom stereocenters. The molecular weight excluding hydrogens is 262 g/mol. The van der Waals surface area contributed by atoms with Crippen LogP contribution in [-0.2, 0) is 4.79 Å². The van der Waals surface area contributed by atoms with E-state index in [2.05, 4.69) is 5.32 Å². The molecule has 0 saturated carbocycles. The number of hydrogen-bond donors (Lipinski definition) is 3. The van der Waals surface area contributed by atoms with Gasteiger partial charge in [-0.15, -0.1) is 0 Å². The van der Waals surface area contributed by atoms with Crippen LogP contribution in [0.5, 0.6) is 0 Å². The number of nitrogens with one attached hydrogen (secondary N) is 1. The molecule has 1 aromatic rings. The zero-order valence-electron chi connectivity index (χ0n) is 10.7. The summed E-state index contributed by atoms with van der Waals surface area (Å²) < 4.78 is 0. The van der Waals surface area contributed by atoms with Crippen molar-refractivity contribution in [1.29, 1.82) is 0 Å². The standard InChI is InChI=1S/C13H17N3O2S/c1-2-4-10(12(15)19)13(18)16-9-6-3-5-8(7-9)11(14)17/h3,5-7,10H,2,4H2,1H3,(H2,14,17)(H2,15,19)(H,16,18). The minimum absolute atomic E-state index is 0.172. The maximum atomic E-state index is 12.0. The Balaban J connectivity index is 2.83. The Morgan fingerprint density at radius 3 is 2.58 bits per heavy atom. The Bertz CT molecular complexity index is 502. The van der Waals surface area contributed by atoms with Gasteiger partial charge in [-0.1, -0.05) is 31.6 Å². The molecule has 5 nitrogen and oxygen atoms in total. The number of hydrogen-bond acceptors (Lipinski definition) is 3. The van der Waals surface area contributed by atoms with E-state index < -0.39 is 11.8 Å². The van der Waals surface area contributed by atoms with Crippen molar-refractivity contribution in [1.82, 2.24) is 0 Å². The summed E-state index contributed by atoms with van der Waals surface area (Å²) in [5, 5.41) is 2.69. The lowest BCUT2D eigenvalue weighted by molar-refractivity contribution is -0.118. The van der Waals surface area contributed by atoms with Gasteiger partial charge in [0, 0.05) is 11.3 Å². The van der Waals surface area contributed by atoms with Crippen molar-refractivity contribution in [2.45, 2.75) is 19.8 Å². The van der Waals surface area contributed by atoms with Crippen molar-refractivity contribution < 1.29 is 9.59 Å². The largest absolute Gasteiger partial charge is 0.393 e. The molecule has 0 heterocycles. The highest BCUT2D eigenvalue weighted by molar-refractivity contribution is 7.80. The van der Waals surface area contributed by atoms with Gasteiger partial charge in [-0.2, -0.15) is 0 Å². The van der Waals surface area contributed by atoms with Crippen molar-refractivity contribution >= 4 is 34.7 Å². The number of nitrogens with two attached hydrogens (primary N) is 2. The van der Waals surface area contributed by atoms with E-state index >= 15 is 0 Å². The van der Waals surface area contributed by atoms with Gasteiger partial charge in [-0.05, 0) is 24.6 Å². The predicted molar refractivity (Wildman–Crippen MR) is 78.8 cm³/mol. The second-order valence-electron chi connectivity index (χ2n) is 4.18. The maximum absolute atomic E-state index is 12.0. The first kappa shape index (κ1) is 15.1. The van der Waals surface area contributed by atoms with E-state index in [1.165, 1.54) is 6.07 Å². The lowest BCUT2D eigenvalue weighted by Crippen LogP contribution is -2.33. The third-order valence-electron chi connectivity index (χ3n) is 2.65. The zero-order valence-corrected chi connectivity index (χ0v) is 11.5. The van der Waals surface area contributed by atoms with Crippen LogP contribution in [0.2, 0.25) is 0 Å². The average molecular weight is 279 g/mol. The van der Waals surface area contributed by atoms with Crippen LogP contribution in [0.25, 0.3) is 0 Å². The second kappa shape index (κ2) is 6.84. The average Bonchev–Trinajstić information content (AvgIpc) is 2.35. The molecule has 1 rings (SSSR count). The zero-order chi connectivity index (χ0) is 14.4. The minimum Gasteiger partial charge on any atom is -0.393 e. The molecule has 1 aromatic carbocycles. The molecule has 2 amide bonds. The third-order valence-corrected chi connectivity index (χ3v) is 2.94. The van der Waals surface area contributed by atoms with Crippen LogP contribution < -0.4 is 16.8 Å². The van der Waals surface area contributed by atoms with Crippen LogP contribution in [0.4, 0.5) is 5.69 Å². The van der Waals surface area contributed by atoms with Crippen LogP contribution in [0.3, 0.4) is 0 Å². The molecule has 0 spiro atoms. The summed E-state index contributed by atoms with van der Waals surface area (Å²) in [7, 11) is 0. The Morgan fingerprint density at radius 2 is 2.05 bits per heavy atom. The van der Waals surface area contributed by atoms with Gasteiger partial charge in [0.2, 0.25) is 11.8 Å². The van der Waals surface area contributed by atoms with Crippen LogP contribution in [0, 0.1) is 5.92 Å². The second-order valence-corrected chi connectivity index (χ2v) is 4.65. The quantitative estimate of drug-likeness (QED) is 0.686. The number of anilines is 1. The summed E-state index contributed by atoms with van der Waals surface area (Å²) in [5.74, 6) is -1.32. The number of rotatable bonds is 6. The van der Waals surface area contributed by atoms with Gasteiger partial charge in [0.15, 0.2) is 0 Å².